The van der Waals surface area contributed by atoms with E-state index in [1.54, 1.807) is 0 Å². The van der Waals surface area contributed by atoms with Crippen molar-refractivity contribution in [1.29, 1.82) is 0 Å². The molecule has 80 valence electrons. The Balaban J connectivity index is 3.34. The van der Waals surface area contributed by atoms with Crippen molar-refractivity contribution in [2.24, 2.45) is 11.8 Å². The zero-order chi connectivity index (χ0) is 10.3. The van der Waals surface area contributed by atoms with E-state index in [-0.39, 0.29) is 6.10 Å². The zero-order valence-corrected chi connectivity index (χ0v) is 9.71. The molecule has 0 saturated carbocycles. The lowest BCUT2D eigenvalue weighted by Crippen LogP contribution is -2.10. The number of rotatable bonds is 7. The summed E-state index contributed by atoms with van der Waals surface area (Å²) in [7, 11) is 0. The Morgan fingerprint density at radius 1 is 1.08 bits per heavy atom. The van der Waals surface area contributed by atoms with E-state index in [0.29, 0.717) is 5.92 Å². The predicted molar refractivity (Wildman–Crippen MR) is 58.8 cm³/mol. The van der Waals surface area contributed by atoms with Gasteiger partial charge in [0.15, 0.2) is 0 Å². The molecule has 0 rings (SSSR count). The Morgan fingerprint density at radius 3 is 2.15 bits per heavy atom. The van der Waals surface area contributed by atoms with Crippen LogP contribution < -0.4 is 0 Å². The molecule has 0 aliphatic carbocycles. The Kier molecular flexibility index (Phi) is 7.35. The third-order valence-electron chi connectivity index (χ3n) is 2.62. The molecule has 1 nitrogen and oxygen atoms in total. The third-order valence-corrected chi connectivity index (χ3v) is 2.62. The first kappa shape index (κ1) is 13.0. The summed E-state index contributed by atoms with van der Waals surface area (Å²) in [5, 5.41) is 9.44. The first-order valence-electron chi connectivity index (χ1n) is 5.74. The zero-order valence-electron chi connectivity index (χ0n) is 9.71. The molecule has 0 bridgehead atoms. The van der Waals surface area contributed by atoms with Crippen molar-refractivity contribution >= 4 is 0 Å². The molecule has 2 atom stereocenters. The molecule has 0 heterocycles. The van der Waals surface area contributed by atoms with E-state index >= 15 is 0 Å². The third kappa shape index (κ3) is 8.29. The average Bonchev–Trinajstić information content (AvgIpc) is 2.03. The summed E-state index contributed by atoms with van der Waals surface area (Å²) >= 11 is 0. The highest BCUT2D eigenvalue weighted by Crippen LogP contribution is 2.17. The van der Waals surface area contributed by atoms with Crippen LogP contribution in [0.1, 0.15) is 59.8 Å². The SMILES string of the molecule is CC[C@H](O)C[C@@H](C)CCCC(C)C. The van der Waals surface area contributed by atoms with Crippen LogP contribution in [-0.2, 0) is 0 Å². The van der Waals surface area contributed by atoms with Crippen LogP contribution in [0.4, 0.5) is 0 Å². The smallest absolute Gasteiger partial charge is 0.0540 e. The van der Waals surface area contributed by atoms with Crippen LogP contribution in [0.25, 0.3) is 0 Å². The molecule has 0 spiro atoms. The molecule has 0 amide bonds. The second-order valence-electron chi connectivity index (χ2n) is 4.73. The maximum atomic E-state index is 9.44. The Hall–Kier alpha value is -0.0400. The van der Waals surface area contributed by atoms with Crippen molar-refractivity contribution in [1.82, 2.24) is 0 Å². The van der Waals surface area contributed by atoms with Crippen LogP contribution in [0.2, 0.25) is 0 Å². The van der Waals surface area contributed by atoms with Crippen LogP contribution >= 0.6 is 0 Å². The van der Waals surface area contributed by atoms with Gasteiger partial charge in [-0.2, -0.15) is 0 Å². The summed E-state index contributed by atoms with van der Waals surface area (Å²) in [6.45, 7) is 8.84. The van der Waals surface area contributed by atoms with Crippen LogP contribution in [0.15, 0.2) is 0 Å². The molecule has 13 heavy (non-hydrogen) atoms. The normalized spacial score (nSPS) is 16.2. The van der Waals surface area contributed by atoms with E-state index < -0.39 is 0 Å². The molecule has 0 aliphatic rings. The highest BCUT2D eigenvalue weighted by Gasteiger charge is 2.08. The summed E-state index contributed by atoms with van der Waals surface area (Å²) in [5.41, 5.74) is 0. The summed E-state index contributed by atoms with van der Waals surface area (Å²) in [4.78, 5) is 0. The van der Waals surface area contributed by atoms with E-state index in [0.717, 1.165) is 18.8 Å². The van der Waals surface area contributed by atoms with Gasteiger partial charge in [0.25, 0.3) is 0 Å². The molecular formula is C12H26O. The first-order valence-corrected chi connectivity index (χ1v) is 5.74. The van der Waals surface area contributed by atoms with Gasteiger partial charge in [0.2, 0.25) is 0 Å². The monoisotopic (exact) mass is 186 g/mol. The lowest BCUT2D eigenvalue weighted by molar-refractivity contribution is 0.138. The van der Waals surface area contributed by atoms with Gasteiger partial charge in [-0.15, -0.1) is 0 Å². The Labute approximate surface area is 83.5 Å². The average molecular weight is 186 g/mol. The van der Waals surface area contributed by atoms with Gasteiger partial charge in [0.1, 0.15) is 0 Å². The van der Waals surface area contributed by atoms with Crippen LogP contribution in [0, 0.1) is 11.8 Å². The van der Waals surface area contributed by atoms with Crippen molar-refractivity contribution in [2.75, 3.05) is 0 Å². The lowest BCUT2D eigenvalue weighted by Gasteiger charge is -2.15. The van der Waals surface area contributed by atoms with Gasteiger partial charge in [-0.05, 0) is 24.7 Å². The number of hydrogen-bond donors (Lipinski definition) is 1. The number of aliphatic hydroxyl groups is 1. The van der Waals surface area contributed by atoms with Crippen LogP contribution in [0.3, 0.4) is 0 Å². The fraction of sp³-hybridized carbons (Fsp3) is 1.00. The van der Waals surface area contributed by atoms with Gasteiger partial charge >= 0.3 is 0 Å². The van der Waals surface area contributed by atoms with Crippen LogP contribution in [-0.4, -0.2) is 11.2 Å². The molecular weight excluding hydrogens is 160 g/mol. The second kappa shape index (κ2) is 7.37. The second-order valence-corrected chi connectivity index (χ2v) is 4.73. The van der Waals surface area contributed by atoms with Gasteiger partial charge in [-0.3, -0.25) is 0 Å². The predicted octanol–water partition coefficient (Wildman–Crippen LogP) is 3.61. The van der Waals surface area contributed by atoms with Gasteiger partial charge in [-0.25, -0.2) is 0 Å². The number of aliphatic hydroxyl groups excluding tert-OH is 1. The summed E-state index contributed by atoms with van der Waals surface area (Å²) in [6.07, 6.45) is 5.72. The van der Waals surface area contributed by atoms with E-state index in [9.17, 15) is 5.11 Å². The van der Waals surface area contributed by atoms with Gasteiger partial charge in [0, 0.05) is 0 Å². The van der Waals surface area contributed by atoms with Gasteiger partial charge < -0.3 is 5.11 Å². The van der Waals surface area contributed by atoms with E-state index in [1.165, 1.54) is 19.3 Å². The fourth-order valence-electron chi connectivity index (χ4n) is 1.62. The molecule has 0 aromatic carbocycles. The molecule has 0 aliphatic heterocycles. The maximum absolute atomic E-state index is 9.44. The molecule has 0 aromatic heterocycles. The molecule has 0 aromatic rings. The fourth-order valence-corrected chi connectivity index (χ4v) is 1.62. The van der Waals surface area contributed by atoms with Gasteiger partial charge in [0.05, 0.1) is 6.10 Å². The Bertz CT molecular complexity index is 110. The standard InChI is InChI=1S/C12H26O/c1-5-12(13)9-11(4)8-6-7-10(2)3/h10-13H,5-9H2,1-4H3/t11-,12-/m0/s1. The van der Waals surface area contributed by atoms with Crippen molar-refractivity contribution in [2.45, 2.75) is 65.9 Å². The van der Waals surface area contributed by atoms with Crippen molar-refractivity contribution in [3.63, 3.8) is 0 Å². The minimum Gasteiger partial charge on any atom is -0.393 e. The summed E-state index contributed by atoms with van der Waals surface area (Å²) in [5.74, 6) is 1.51. The van der Waals surface area contributed by atoms with E-state index in [4.69, 9.17) is 0 Å². The number of hydrogen-bond acceptors (Lipinski definition) is 1. The molecule has 0 radical (unpaired) electrons. The van der Waals surface area contributed by atoms with Crippen LogP contribution in [0.5, 0.6) is 0 Å². The largest absolute Gasteiger partial charge is 0.393 e. The molecule has 1 heteroatoms. The van der Waals surface area contributed by atoms with E-state index in [1.807, 2.05) is 6.92 Å². The van der Waals surface area contributed by atoms with E-state index in [2.05, 4.69) is 20.8 Å². The summed E-state index contributed by atoms with van der Waals surface area (Å²) in [6, 6.07) is 0. The molecule has 1 N–H and O–H groups in total. The molecule has 0 fully saturated rings. The Morgan fingerprint density at radius 2 is 1.69 bits per heavy atom. The van der Waals surface area contributed by atoms with Crippen molar-refractivity contribution in [3.8, 4) is 0 Å². The first-order chi connectivity index (χ1) is 6.06. The quantitative estimate of drug-likeness (QED) is 0.644. The molecule has 0 saturated heterocycles. The van der Waals surface area contributed by atoms with Crippen molar-refractivity contribution in [3.05, 3.63) is 0 Å². The maximum Gasteiger partial charge on any atom is 0.0540 e. The minimum atomic E-state index is -0.0750. The lowest BCUT2D eigenvalue weighted by atomic mass is 9.94. The minimum absolute atomic E-state index is 0.0750. The van der Waals surface area contributed by atoms with Gasteiger partial charge in [-0.1, -0.05) is 47.0 Å². The summed E-state index contributed by atoms with van der Waals surface area (Å²) < 4.78 is 0. The molecule has 0 unspecified atom stereocenters. The highest BCUT2D eigenvalue weighted by atomic mass is 16.3. The topological polar surface area (TPSA) is 20.2 Å². The highest BCUT2D eigenvalue weighted by molar-refractivity contribution is 4.60. The van der Waals surface area contributed by atoms with Crippen molar-refractivity contribution < 1.29 is 5.11 Å².